The van der Waals surface area contributed by atoms with Gasteiger partial charge in [-0.15, -0.1) is 0 Å². The summed E-state index contributed by atoms with van der Waals surface area (Å²) in [4.78, 5) is 12.1. The van der Waals surface area contributed by atoms with Gasteiger partial charge in [-0.05, 0) is 37.1 Å². The maximum atomic E-state index is 12.1. The number of nitrogens with two attached hydrogens (primary N) is 1. The van der Waals surface area contributed by atoms with Gasteiger partial charge < -0.3 is 9.47 Å². The van der Waals surface area contributed by atoms with Crippen LogP contribution in [-0.2, 0) is 14.3 Å². The standard InChI is InChI=1S/C13H17ClN2O3/c1-18-8-19-12-6-9(7-12)13(17)16(15)11-4-2-10(14)3-5-11/h2-5,9,12H,6-8,15H2,1H3. The lowest BCUT2D eigenvalue weighted by molar-refractivity contribution is -0.141. The van der Waals surface area contributed by atoms with Crippen molar-refractivity contribution in [3.63, 3.8) is 0 Å². The van der Waals surface area contributed by atoms with E-state index in [1.807, 2.05) is 0 Å². The maximum Gasteiger partial charge on any atom is 0.244 e. The highest BCUT2D eigenvalue weighted by Crippen LogP contribution is 2.32. The molecule has 1 fully saturated rings. The Labute approximate surface area is 117 Å². The number of hydrogen-bond acceptors (Lipinski definition) is 4. The minimum Gasteiger partial charge on any atom is -0.359 e. The zero-order valence-electron chi connectivity index (χ0n) is 10.7. The maximum absolute atomic E-state index is 12.1. The Morgan fingerprint density at radius 2 is 2.05 bits per heavy atom. The van der Waals surface area contributed by atoms with Crippen LogP contribution in [0.25, 0.3) is 0 Å². The molecule has 0 bridgehead atoms. The van der Waals surface area contributed by atoms with Crippen molar-refractivity contribution in [1.82, 2.24) is 0 Å². The van der Waals surface area contributed by atoms with Crippen LogP contribution in [-0.4, -0.2) is 25.9 Å². The molecule has 1 aliphatic rings. The number of hydrogen-bond donors (Lipinski definition) is 1. The first-order chi connectivity index (χ1) is 9.11. The van der Waals surface area contributed by atoms with Gasteiger partial charge in [-0.1, -0.05) is 11.6 Å². The molecule has 2 N–H and O–H groups in total. The van der Waals surface area contributed by atoms with Crippen molar-refractivity contribution in [2.24, 2.45) is 11.8 Å². The van der Waals surface area contributed by atoms with E-state index in [0.717, 1.165) is 0 Å². The molecule has 0 saturated heterocycles. The SMILES string of the molecule is COCOC1CC(C(=O)N(N)c2ccc(Cl)cc2)C1. The number of anilines is 1. The third-order valence-electron chi connectivity index (χ3n) is 3.21. The van der Waals surface area contributed by atoms with Gasteiger partial charge in [0.2, 0.25) is 5.91 Å². The predicted molar refractivity (Wildman–Crippen MR) is 72.6 cm³/mol. The Hall–Kier alpha value is -1.14. The largest absolute Gasteiger partial charge is 0.359 e. The summed E-state index contributed by atoms with van der Waals surface area (Å²) in [6.07, 6.45) is 1.46. The molecule has 0 atom stereocenters. The van der Waals surface area contributed by atoms with Gasteiger partial charge in [0.1, 0.15) is 6.79 Å². The molecule has 1 aromatic rings. The second-order valence-corrected chi connectivity index (χ2v) is 4.98. The Kier molecular flexibility index (Phi) is 4.76. The third-order valence-corrected chi connectivity index (χ3v) is 3.46. The summed E-state index contributed by atoms with van der Waals surface area (Å²) in [6, 6.07) is 6.85. The smallest absolute Gasteiger partial charge is 0.244 e. The van der Waals surface area contributed by atoms with E-state index >= 15 is 0 Å². The fraction of sp³-hybridized carbons (Fsp3) is 0.462. The Morgan fingerprint density at radius 1 is 1.42 bits per heavy atom. The summed E-state index contributed by atoms with van der Waals surface area (Å²) in [7, 11) is 1.57. The van der Waals surface area contributed by atoms with Crippen LogP contribution >= 0.6 is 11.6 Å². The molecule has 19 heavy (non-hydrogen) atoms. The zero-order chi connectivity index (χ0) is 13.8. The number of nitrogens with zero attached hydrogens (tertiary/aromatic N) is 1. The number of carbonyl (C=O) groups is 1. The summed E-state index contributed by atoms with van der Waals surface area (Å²) in [5, 5.41) is 1.79. The van der Waals surface area contributed by atoms with Gasteiger partial charge in [0.05, 0.1) is 11.8 Å². The van der Waals surface area contributed by atoms with Gasteiger partial charge >= 0.3 is 0 Å². The summed E-state index contributed by atoms with van der Waals surface area (Å²) in [5.41, 5.74) is 0.635. The predicted octanol–water partition coefficient (Wildman–Crippen LogP) is 1.95. The van der Waals surface area contributed by atoms with Crippen molar-refractivity contribution >= 4 is 23.2 Å². The Bertz CT molecular complexity index is 432. The average molecular weight is 285 g/mol. The summed E-state index contributed by atoms with van der Waals surface area (Å²) in [5.74, 6) is 5.64. The molecule has 0 heterocycles. The van der Waals surface area contributed by atoms with Gasteiger partial charge in [0, 0.05) is 18.1 Å². The van der Waals surface area contributed by atoms with Gasteiger partial charge in [-0.3, -0.25) is 4.79 Å². The van der Waals surface area contributed by atoms with Crippen molar-refractivity contribution in [2.75, 3.05) is 18.9 Å². The summed E-state index contributed by atoms with van der Waals surface area (Å²) >= 11 is 5.79. The van der Waals surface area contributed by atoms with Crippen molar-refractivity contribution in [3.8, 4) is 0 Å². The summed E-state index contributed by atoms with van der Waals surface area (Å²) in [6.45, 7) is 0.259. The lowest BCUT2D eigenvalue weighted by Crippen LogP contribution is -2.48. The average Bonchev–Trinajstić information content (AvgIpc) is 2.37. The minimum absolute atomic E-state index is 0.0810. The molecule has 0 radical (unpaired) electrons. The van der Waals surface area contributed by atoms with E-state index in [-0.39, 0.29) is 24.7 Å². The number of carbonyl (C=O) groups excluding carboxylic acids is 1. The third kappa shape index (κ3) is 3.45. The highest BCUT2D eigenvalue weighted by Gasteiger charge is 2.37. The van der Waals surface area contributed by atoms with E-state index in [4.69, 9.17) is 26.9 Å². The van der Waals surface area contributed by atoms with Crippen LogP contribution < -0.4 is 10.9 Å². The van der Waals surface area contributed by atoms with E-state index < -0.39 is 0 Å². The van der Waals surface area contributed by atoms with Crippen molar-refractivity contribution in [1.29, 1.82) is 0 Å². The first-order valence-corrected chi connectivity index (χ1v) is 6.44. The molecule has 1 aromatic carbocycles. The van der Waals surface area contributed by atoms with Gasteiger partial charge in [-0.2, -0.15) is 0 Å². The lowest BCUT2D eigenvalue weighted by Gasteiger charge is -2.35. The van der Waals surface area contributed by atoms with E-state index in [1.165, 1.54) is 5.01 Å². The first kappa shape index (κ1) is 14.3. The zero-order valence-corrected chi connectivity index (χ0v) is 11.5. The van der Waals surface area contributed by atoms with Crippen LogP contribution in [0, 0.1) is 5.92 Å². The molecular weight excluding hydrogens is 268 g/mol. The lowest BCUT2D eigenvalue weighted by atomic mass is 9.81. The molecule has 0 unspecified atom stereocenters. The molecule has 0 aromatic heterocycles. The fourth-order valence-electron chi connectivity index (χ4n) is 1.99. The number of halogens is 1. The second kappa shape index (κ2) is 6.34. The quantitative estimate of drug-likeness (QED) is 0.388. The van der Waals surface area contributed by atoms with Crippen LogP contribution in [0.3, 0.4) is 0 Å². The molecule has 1 saturated carbocycles. The van der Waals surface area contributed by atoms with Crippen molar-refractivity contribution in [2.45, 2.75) is 18.9 Å². The van der Waals surface area contributed by atoms with E-state index in [2.05, 4.69) is 0 Å². The van der Waals surface area contributed by atoms with Gasteiger partial charge in [0.15, 0.2) is 0 Å². The molecule has 6 heteroatoms. The van der Waals surface area contributed by atoms with Crippen molar-refractivity contribution in [3.05, 3.63) is 29.3 Å². The molecule has 1 aliphatic carbocycles. The number of rotatable bonds is 5. The van der Waals surface area contributed by atoms with Crippen LogP contribution in [0.15, 0.2) is 24.3 Å². The molecule has 2 rings (SSSR count). The van der Waals surface area contributed by atoms with Gasteiger partial charge in [-0.25, -0.2) is 10.9 Å². The van der Waals surface area contributed by atoms with Crippen LogP contribution in [0.1, 0.15) is 12.8 Å². The summed E-state index contributed by atoms with van der Waals surface area (Å²) < 4.78 is 10.2. The molecule has 0 spiro atoms. The molecule has 5 nitrogen and oxygen atoms in total. The topological polar surface area (TPSA) is 64.8 Å². The molecular formula is C13H17ClN2O3. The molecule has 104 valence electrons. The highest BCUT2D eigenvalue weighted by molar-refractivity contribution is 6.30. The van der Waals surface area contributed by atoms with E-state index in [1.54, 1.807) is 31.4 Å². The Balaban J connectivity index is 1.86. The molecule has 0 aliphatic heterocycles. The number of benzene rings is 1. The van der Waals surface area contributed by atoms with Crippen LogP contribution in [0.5, 0.6) is 0 Å². The van der Waals surface area contributed by atoms with Crippen molar-refractivity contribution < 1.29 is 14.3 Å². The fourth-order valence-corrected chi connectivity index (χ4v) is 2.12. The number of ether oxygens (including phenoxy) is 2. The number of hydrazine groups is 1. The number of amides is 1. The molecule has 1 amide bonds. The second-order valence-electron chi connectivity index (χ2n) is 4.55. The monoisotopic (exact) mass is 284 g/mol. The minimum atomic E-state index is -0.0976. The first-order valence-electron chi connectivity index (χ1n) is 6.06. The van der Waals surface area contributed by atoms with Gasteiger partial charge in [0.25, 0.3) is 0 Å². The van der Waals surface area contributed by atoms with Crippen LogP contribution in [0.4, 0.5) is 5.69 Å². The van der Waals surface area contributed by atoms with E-state index in [0.29, 0.717) is 23.6 Å². The Morgan fingerprint density at radius 3 is 2.63 bits per heavy atom. The highest BCUT2D eigenvalue weighted by atomic mass is 35.5. The normalized spacial score (nSPS) is 21.8. The van der Waals surface area contributed by atoms with E-state index in [9.17, 15) is 4.79 Å². The number of methoxy groups -OCH3 is 1. The van der Waals surface area contributed by atoms with Crippen LogP contribution in [0.2, 0.25) is 5.02 Å².